The summed E-state index contributed by atoms with van der Waals surface area (Å²) in [5.41, 5.74) is 0.263. The van der Waals surface area contributed by atoms with Crippen LogP contribution in [-0.4, -0.2) is 20.2 Å². The molecule has 3 rings (SSSR count). The summed E-state index contributed by atoms with van der Waals surface area (Å²) in [5, 5.41) is 9.31. The summed E-state index contributed by atoms with van der Waals surface area (Å²) in [4.78, 5) is 36.3. The highest BCUT2D eigenvalue weighted by atomic mass is 79.9. The van der Waals surface area contributed by atoms with Gasteiger partial charge in [0.05, 0.1) is 23.0 Å². The lowest BCUT2D eigenvalue weighted by atomic mass is 10.1. The number of benzene rings is 2. The van der Waals surface area contributed by atoms with Gasteiger partial charge >= 0.3 is 11.7 Å². The second-order valence-corrected chi connectivity index (χ2v) is 6.31. The second-order valence-electron chi connectivity index (χ2n) is 5.40. The molecule has 0 aliphatic rings. The van der Waals surface area contributed by atoms with E-state index in [9.17, 15) is 14.4 Å². The van der Waals surface area contributed by atoms with Gasteiger partial charge in [-0.3, -0.25) is 13.9 Å². The van der Waals surface area contributed by atoms with Gasteiger partial charge in [-0.15, -0.1) is 0 Å². The molecule has 0 spiro atoms. The van der Waals surface area contributed by atoms with Crippen LogP contribution in [0.5, 0.6) is 0 Å². The van der Waals surface area contributed by atoms with Crippen LogP contribution in [0.15, 0.2) is 56.5 Å². The first-order chi connectivity index (χ1) is 11.4. The van der Waals surface area contributed by atoms with Crippen molar-refractivity contribution in [2.75, 3.05) is 0 Å². The van der Waals surface area contributed by atoms with Gasteiger partial charge in [0.1, 0.15) is 0 Å². The Morgan fingerprint density at radius 1 is 1.12 bits per heavy atom. The van der Waals surface area contributed by atoms with Crippen LogP contribution in [0.3, 0.4) is 0 Å². The number of carboxylic acids is 1. The SMILES string of the molecule is Cn1c(=O)n(Cc2ccc(Br)cc2)c(=O)c2cc(C(=O)O)ccc21. The summed E-state index contributed by atoms with van der Waals surface area (Å²) in [6.45, 7) is 0.117. The topological polar surface area (TPSA) is 81.3 Å². The van der Waals surface area contributed by atoms with E-state index in [0.717, 1.165) is 14.6 Å². The molecule has 1 aromatic heterocycles. The minimum Gasteiger partial charge on any atom is -0.478 e. The fourth-order valence-electron chi connectivity index (χ4n) is 2.56. The summed E-state index contributed by atoms with van der Waals surface area (Å²) in [5.74, 6) is -1.12. The van der Waals surface area contributed by atoms with Gasteiger partial charge in [0.25, 0.3) is 5.56 Å². The average Bonchev–Trinajstić information content (AvgIpc) is 2.58. The Hall–Kier alpha value is -2.67. The lowest BCUT2D eigenvalue weighted by Gasteiger charge is -2.11. The van der Waals surface area contributed by atoms with Crippen LogP contribution in [0.1, 0.15) is 15.9 Å². The van der Waals surface area contributed by atoms with Crippen molar-refractivity contribution in [2.24, 2.45) is 7.05 Å². The molecule has 0 saturated carbocycles. The Morgan fingerprint density at radius 2 is 1.79 bits per heavy atom. The molecule has 1 N–H and O–H groups in total. The van der Waals surface area contributed by atoms with E-state index in [-0.39, 0.29) is 17.5 Å². The van der Waals surface area contributed by atoms with Crippen molar-refractivity contribution in [3.05, 3.63) is 78.9 Å². The maximum atomic E-state index is 12.7. The molecule has 6 nitrogen and oxygen atoms in total. The summed E-state index contributed by atoms with van der Waals surface area (Å²) in [6.07, 6.45) is 0. The number of aromatic carboxylic acids is 1. The molecule has 0 unspecified atom stereocenters. The number of hydrogen-bond donors (Lipinski definition) is 1. The zero-order chi connectivity index (χ0) is 17.4. The van der Waals surface area contributed by atoms with Gasteiger partial charge in [-0.05, 0) is 35.9 Å². The van der Waals surface area contributed by atoms with E-state index in [1.165, 1.54) is 22.8 Å². The van der Waals surface area contributed by atoms with E-state index in [4.69, 9.17) is 5.11 Å². The third-order valence-electron chi connectivity index (χ3n) is 3.85. The lowest BCUT2D eigenvalue weighted by molar-refractivity contribution is 0.0697. The van der Waals surface area contributed by atoms with E-state index in [2.05, 4.69) is 15.9 Å². The van der Waals surface area contributed by atoms with Crippen LogP contribution in [0.25, 0.3) is 10.9 Å². The van der Waals surface area contributed by atoms with E-state index in [1.54, 1.807) is 7.05 Å². The predicted molar refractivity (Wildman–Crippen MR) is 93.7 cm³/mol. The van der Waals surface area contributed by atoms with Crippen molar-refractivity contribution >= 4 is 32.8 Å². The number of nitrogens with zero attached hydrogens (tertiary/aromatic N) is 2. The highest BCUT2D eigenvalue weighted by molar-refractivity contribution is 9.10. The number of carboxylic acid groups (broad SMARTS) is 1. The molecular weight excluding hydrogens is 376 g/mol. The molecule has 0 fully saturated rings. The average molecular weight is 389 g/mol. The van der Waals surface area contributed by atoms with Crippen LogP contribution in [-0.2, 0) is 13.6 Å². The van der Waals surface area contributed by atoms with Crippen molar-refractivity contribution in [2.45, 2.75) is 6.54 Å². The monoisotopic (exact) mass is 388 g/mol. The number of hydrogen-bond acceptors (Lipinski definition) is 3. The molecule has 0 saturated heterocycles. The lowest BCUT2D eigenvalue weighted by Crippen LogP contribution is -2.39. The molecule has 122 valence electrons. The maximum Gasteiger partial charge on any atom is 0.335 e. The minimum atomic E-state index is -1.12. The predicted octanol–water partition coefficient (Wildman–Crippen LogP) is 2.21. The molecule has 3 aromatic rings. The van der Waals surface area contributed by atoms with Crippen molar-refractivity contribution < 1.29 is 9.90 Å². The van der Waals surface area contributed by atoms with Crippen molar-refractivity contribution in [3.63, 3.8) is 0 Å². The Bertz CT molecular complexity index is 1060. The van der Waals surface area contributed by atoms with E-state index < -0.39 is 17.2 Å². The number of rotatable bonds is 3. The molecule has 0 bridgehead atoms. The normalized spacial score (nSPS) is 10.9. The van der Waals surface area contributed by atoms with E-state index in [1.807, 2.05) is 24.3 Å². The van der Waals surface area contributed by atoms with Crippen LogP contribution < -0.4 is 11.2 Å². The van der Waals surface area contributed by atoms with E-state index in [0.29, 0.717) is 5.52 Å². The zero-order valence-corrected chi connectivity index (χ0v) is 14.3. The van der Waals surface area contributed by atoms with Gasteiger partial charge in [0, 0.05) is 11.5 Å². The number of aromatic nitrogens is 2. The summed E-state index contributed by atoms with van der Waals surface area (Å²) in [6, 6.07) is 11.4. The van der Waals surface area contributed by atoms with Crippen molar-refractivity contribution in [1.29, 1.82) is 0 Å². The first kappa shape index (κ1) is 16.2. The third kappa shape index (κ3) is 2.78. The Morgan fingerprint density at radius 3 is 2.42 bits per heavy atom. The number of fused-ring (bicyclic) bond motifs is 1. The molecule has 0 atom stereocenters. The Balaban J connectivity index is 2.24. The van der Waals surface area contributed by atoms with Crippen LogP contribution in [0, 0.1) is 0 Å². The van der Waals surface area contributed by atoms with Crippen molar-refractivity contribution in [1.82, 2.24) is 9.13 Å². The van der Waals surface area contributed by atoms with Crippen LogP contribution in [0.4, 0.5) is 0 Å². The fraction of sp³-hybridized carbons (Fsp3) is 0.118. The summed E-state index contributed by atoms with van der Waals surface area (Å²) in [7, 11) is 1.56. The van der Waals surface area contributed by atoms with Crippen molar-refractivity contribution in [3.8, 4) is 0 Å². The zero-order valence-electron chi connectivity index (χ0n) is 12.7. The molecule has 0 aliphatic carbocycles. The Labute approximate surface area is 144 Å². The molecule has 0 amide bonds. The summed E-state index contributed by atoms with van der Waals surface area (Å²) < 4.78 is 3.36. The van der Waals surface area contributed by atoms with E-state index >= 15 is 0 Å². The molecule has 0 radical (unpaired) electrons. The molecular formula is C17H13BrN2O4. The number of carbonyl (C=O) groups is 1. The van der Waals surface area contributed by atoms with Gasteiger partial charge in [0.2, 0.25) is 0 Å². The largest absolute Gasteiger partial charge is 0.478 e. The van der Waals surface area contributed by atoms with Gasteiger partial charge in [-0.25, -0.2) is 9.59 Å². The quantitative estimate of drug-likeness (QED) is 0.745. The minimum absolute atomic E-state index is 0.00782. The first-order valence-corrected chi connectivity index (χ1v) is 7.89. The maximum absolute atomic E-state index is 12.7. The molecule has 24 heavy (non-hydrogen) atoms. The second kappa shape index (κ2) is 6.09. The van der Waals surface area contributed by atoms with Gasteiger partial charge < -0.3 is 5.11 Å². The third-order valence-corrected chi connectivity index (χ3v) is 4.38. The standard InChI is InChI=1S/C17H13BrN2O4/c1-19-14-7-4-11(16(22)23)8-13(14)15(21)20(17(19)24)9-10-2-5-12(18)6-3-10/h2-8H,9H2,1H3,(H,22,23). The van der Waals surface area contributed by atoms with Gasteiger partial charge in [0.15, 0.2) is 0 Å². The molecule has 2 aromatic carbocycles. The first-order valence-electron chi connectivity index (χ1n) is 7.10. The smallest absolute Gasteiger partial charge is 0.335 e. The molecule has 1 heterocycles. The number of halogens is 1. The Kier molecular flexibility index (Phi) is 4.11. The summed E-state index contributed by atoms with van der Waals surface area (Å²) >= 11 is 3.34. The van der Waals surface area contributed by atoms with Crippen LogP contribution in [0.2, 0.25) is 0 Å². The highest BCUT2D eigenvalue weighted by Gasteiger charge is 2.13. The molecule has 7 heteroatoms. The van der Waals surface area contributed by atoms with Gasteiger partial charge in [-0.2, -0.15) is 0 Å². The molecule has 0 aliphatic heterocycles. The number of aryl methyl sites for hydroxylation is 1. The fourth-order valence-corrected chi connectivity index (χ4v) is 2.83. The van der Waals surface area contributed by atoms with Gasteiger partial charge in [-0.1, -0.05) is 28.1 Å². The van der Waals surface area contributed by atoms with Crippen LogP contribution >= 0.6 is 15.9 Å². The highest BCUT2D eigenvalue weighted by Crippen LogP contribution is 2.13.